The van der Waals surface area contributed by atoms with Crippen molar-refractivity contribution in [2.24, 2.45) is 35.1 Å². The van der Waals surface area contributed by atoms with Gasteiger partial charge in [0.25, 0.3) is 11.8 Å². The van der Waals surface area contributed by atoms with Crippen molar-refractivity contribution in [1.29, 1.82) is 0 Å². The van der Waals surface area contributed by atoms with E-state index in [1.54, 1.807) is 20.2 Å². The van der Waals surface area contributed by atoms with Crippen molar-refractivity contribution < 1.29 is 74.7 Å². The van der Waals surface area contributed by atoms with Gasteiger partial charge in [0.15, 0.2) is 22.8 Å². The number of Topliss-reactive ketones (excluding diaryl/α,β-unsaturated/α-hetero) is 4. The molecule has 20 nitrogen and oxygen atoms in total. The maximum Gasteiger partial charge on any atom is 0.255 e. The van der Waals surface area contributed by atoms with Gasteiger partial charge in [0.2, 0.25) is 11.6 Å². The molecule has 2 saturated carbocycles. The van der Waals surface area contributed by atoms with Gasteiger partial charge < -0.3 is 62.3 Å². The summed E-state index contributed by atoms with van der Waals surface area (Å²) in [6.07, 6.45) is 0.0650. The van der Waals surface area contributed by atoms with Crippen LogP contribution in [0.15, 0.2) is 58.1 Å². The van der Waals surface area contributed by atoms with Crippen LogP contribution in [0, 0.1) is 23.7 Å². The summed E-state index contributed by atoms with van der Waals surface area (Å²) in [5, 5.41) is 99.1. The van der Waals surface area contributed by atoms with E-state index >= 15 is 0 Å². The summed E-state index contributed by atoms with van der Waals surface area (Å²) in [4.78, 5) is 82.1. The molecule has 0 radical (unpaired) electrons. The van der Waals surface area contributed by atoms with Crippen molar-refractivity contribution in [3.05, 3.63) is 85.4 Å². The molecule has 0 unspecified atom stereocenters. The summed E-state index contributed by atoms with van der Waals surface area (Å²) in [6.45, 7) is 1.34. The van der Waals surface area contributed by atoms with Gasteiger partial charge in [-0.1, -0.05) is 11.6 Å². The zero-order valence-corrected chi connectivity index (χ0v) is 37.5. The number of fused-ring (bicyclic) bond motifs is 6. The molecule has 0 aromatic heterocycles. The lowest BCUT2D eigenvalue weighted by molar-refractivity contribution is -0.159. The molecule has 6 aliphatic rings. The van der Waals surface area contributed by atoms with Crippen molar-refractivity contribution in [1.82, 2.24) is 9.80 Å². The highest BCUT2D eigenvalue weighted by atomic mass is 35.5. The van der Waals surface area contributed by atoms with Gasteiger partial charge in [-0.3, -0.25) is 38.6 Å². The van der Waals surface area contributed by atoms with Gasteiger partial charge in [0.05, 0.1) is 28.8 Å². The summed E-state index contributed by atoms with van der Waals surface area (Å²) in [5.41, 5.74) is 2.04. The van der Waals surface area contributed by atoms with E-state index < -0.39 is 133 Å². The zero-order chi connectivity index (χ0) is 49.3. The molecule has 2 aromatic rings. The van der Waals surface area contributed by atoms with Crippen LogP contribution in [0.4, 0.5) is 5.69 Å². The lowest BCUT2D eigenvalue weighted by atomic mass is 9.54. The van der Waals surface area contributed by atoms with E-state index in [0.29, 0.717) is 5.56 Å². The van der Waals surface area contributed by atoms with E-state index in [2.05, 4.69) is 0 Å². The number of hydrogen-bond donors (Lipinski definition) is 11. The Kier molecular flexibility index (Phi) is 11.3. The van der Waals surface area contributed by atoms with Crippen LogP contribution < -0.4 is 16.4 Å². The monoisotopic (exact) mass is 935 g/mol. The van der Waals surface area contributed by atoms with E-state index in [1.165, 1.54) is 49.0 Å². The van der Waals surface area contributed by atoms with Crippen LogP contribution in [0.25, 0.3) is 11.5 Å². The van der Waals surface area contributed by atoms with Gasteiger partial charge in [0, 0.05) is 59.3 Å². The molecule has 0 heterocycles. The van der Waals surface area contributed by atoms with Crippen molar-refractivity contribution in [3.8, 4) is 11.5 Å². The number of phenols is 2. The number of primary amides is 2. The van der Waals surface area contributed by atoms with Gasteiger partial charge in [-0.15, -0.1) is 0 Å². The first-order valence-corrected chi connectivity index (χ1v) is 21.0. The molecule has 21 heteroatoms. The summed E-state index contributed by atoms with van der Waals surface area (Å²) in [6, 6.07) is 3.25. The Balaban J connectivity index is 0.000000196. The highest BCUT2D eigenvalue weighted by Gasteiger charge is 2.67. The summed E-state index contributed by atoms with van der Waals surface area (Å²) < 4.78 is 0. The first-order chi connectivity index (χ1) is 30.5. The number of aromatic hydroxyl groups is 2. The van der Waals surface area contributed by atoms with E-state index in [4.69, 9.17) is 23.1 Å². The van der Waals surface area contributed by atoms with Gasteiger partial charge in [0.1, 0.15) is 45.7 Å². The number of aliphatic hydroxyl groups is 7. The Morgan fingerprint density at radius 3 is 1.58 bits per heavy atom. The molecule has 0 aliphatic heterocycles. The summed E-state index contributed by atoms with van der Waals surface area (Å²) >= 11 is 6.28. The Bertz CT molecular complexity index is 2740. The third-order valence-corrected chi connectivity index (χ3v) is 14.4. The van der Waals surface area contributed by atoms with Crippen LogP contribution in [0.2, 0.25) is 5.02 Å². The van der Waals surface area contributed by atoms with Crippen LogP contribution in [-0.4, -0.2) is 156 Å². The van der Waals surface area contributed by atoms with Gasteiger partial charge in [-0.05, 0) is 90.1 Å². The fourth-order valence-electron chi connectivity index (χ4n) is 11.2. The first kappa shape index (κ1) is 47.7. The number of aliphatic hydroxyl groups excluding tert-OH is 4. The van der Waals surface area contributed by atoms with Crippen molar-refractivity contribution in [2.45, 2.75) is 55.1 Å². The number of nitrogens with zero attached hydrogens (tertiary/aromatic N) is 3. The number of hydrogen-bond acceptors (Lipinski definition) is 18. The van der Waals surface area contributed by atoms with Crippen LogP contribution in [0.1, 0.15) is 42.0 Å². The second-order valence-corrected chi connectivity index (χ2v) is 18.8. The number of benzene rings is 2. The lowest BCUT2D eigenvalue weighted by Crippen LogP contribution is -2.67. The van der Waals surface area contributed by atoms with Crippen LogP contribution in [-0.2, 0) is 40.8 Å². The number of anilines is 1. The average Bonchev–Trinajstić information content (AvgIpc) is 3.20. The highest BCUT2D eigenvalue weighted by Crippen LogP contribution is 2.59. The molecule has 66 heavy (non-hydrogen) atoms. The number of ketones is 4. The second kappa shape index (κ2) is 15.7. The molecular weight excluding hydrogens is 886 g/mol. The second-order valence-electron chi connectivity index (χ2n) is 18.4. The standard InChI is InChI=1S/C23H27N3O7.C22H23ClN2O8/c1-25(2)12-5-6-13(27)15-10(12)7-9-8-11-17(26(3)4)19(29)16(22(24)32)21(31)23(11,33)20(30)14(9)18(15)28;1-21(32)7-6-8-15(25(2)3)17(28)13(20(24)31)19(30)22(8,33)18(29)11(7)16(27)12-10(26)5-4-9(23)14(12)21/h5-6,9,11,17,27-28,31,33H,7-8H2,1-4H3,(H2,24,32);4-5,7-8,15,26-27,30,32-33H,6H2,1-3H3,(H2,24,31)/t9-,11-,17-,23-;7-,8-,15-,21-,22-/m00/s1. The minimum absolute atomic E-state index is 0.0187. The molecule has 9 atom stereocenters. The van der Waals surface area contributed by atoms with Crippen molar-refractivity contribution in [2.75, 3.05) is 47.2 Å². The van der Waals surface area contributed by atoms with Crippen molar-refractivity contribution >= 4 is 63.8 Å². The topological polar surface area (TPSA) is 346 Å². The molecule has 0 bridgehead atoms. The van der Waals surface area contributed by atoms with E-state index in [1.807, 2.05) is 19.0 Å². The molecule has 352 valence electrons. The molecule has 8 rings (SSSR count). The molecule has 0 spiro atoms. The fourth-order valence-corrected chi connectivity index (χ4v) is 11.6. The zero-order valence-electron chi connectivity index (χ0n) is 36.7. The number of likely N-dealkylation sites (N-methyl/N-ethyl adjacent to an activating group) is 2. The Morgan fingerprint density at radius 2 is 1.11 bits per heavy atom. The van der Waals surface area contributed by atoms with Gasteiger partial charge in [-0.2, -0.15) is 0 Å². The summed E-state index contributed by atoms with van der Waals surface area (Å²) in [7, 11) is 9.72. The Labute approximate surface area is 381 Å². The normalized spacial score (nSPS) is 31.4. The minimum Gasteiger partial charge on any atom is -0.508 e. The van der Waals surface area contributed by atoms with Crippen LogP contribution in [0.3, 0.4) is 0 Å². The largest absolute Gasteiger partial charge is 0.508 e. The van der Waals surface area contributed by atoms with Gasteiger partial charge in [-0.25, -0.2) is 0 Å². The Hall–Kier alpha value is -6.29. The number of halogens is 1. The van der Waals surface area contributed by atoms with E-state index in [0.717, 1.165) is 5.69 Å². The SMILES string of the molecule is CN(C)[C@@H]1C(=O)C(C(N)=O)=C(O)[C@@]2(O)C(=O)C3=C(O)c4c(O)ccc(Cl)c4[C@@](C)(O)[C@H]3C[C@@H]12.CN(C)c1ccc(O)c2c1C[C@H]1C[C@H]3[C@H](N(C)C)C(=O)C(C(N)=O)=C(O)[C@@]3(O)C(=O)C1=C2O. The first-order valence-electron chi connectivity index (χ1n) is 20.6. The molecule has 6 aliphatic carbocycles. The van der Waals surface area contributed by atoms with E-state index in [9.17, 15) is 74.7 Å². The van der Waals surface area contributed by atoms with Crippen LogP contribution >= 0.6 is 11.6 Å². The minimum atomic E-state index is -2.78. The molecule has 2 amide bonds. The maximum atomic E-state index is 13.7. The number of carbonyl (C=O) groups is 6. The molecule has 0 saturated heterocycles. The predicted molar refractivity (Wildman–Crippen MR) is 234 cm³/mol. The maximum absolute atomic E-state index is 13.7. The fraction of sp³-hybridized carbons (Fsp3) is 0.422. The lowest BCUT2D eigenvalue weighted by Gasteiger charge is -2.53. The molecule has 2 fully saturated rings. The average molecular weight is 936 g/mol. The number of nitrogens with two attached hydrogens (primary N) is 2. The number of phenolic OH excluding ortho intramolecular Hbond substituents is 2. The molecule has 13 N–H and O–H groups in total. The van der Waals surface area contributed by atoms with Crippen LogP contribution in [0.5, 0.6) is 11.5 Å². The Morgan fingerprint density at radius 1 is 0.667 bits per heavy atom. The highest BCUT2D eigenvalue weighted by molar-refractivity contribution is 6.32. The van der Waals surface area contributed by atoms with Gasteiger partial charge >= 0.3 is 0 Å². The smallest absolute Gasteiger partial charge is 0.255 e. The number of carbonyl (C=O) groups excluding carboxylic acids is 6. The van der Waals surface area contributed by atoms with Crippen molar-refractivity contribution in [3.63, 3.8) is 0 Å². The third kappa shape index (κ3) is 6.29. The molecule has 2 aromatic carbocycles. The molecular formula is C45H50ClN5O15. The number of rotatable bonds is 5. The third-order valence-electron chi connectivity index (χ3n) is 14.1. The van der Waals surface area contributed by atoms with E-state index in [-0.39, 0.29) is 52.3 Å². The summed E-state index contributed by atoms with van der Waals surface area (Å²) in [5.74, 6) is -14.8. The quantitative estimate of drug-likeness (QED) is 0.180. The number of amides is 2. The predicted octanol–water partition coefficient (Wildman–Crippen LogP) is 0.312.